The molecule has 0 saturated carbocycles. The molecule has 0 aliphatic heterocycles. The van der Waals surface area contributed by atoms with Crippen LogP contribution in [0.3, 0.4) is 0 Å². The highest BCUT2D eigenvalue weighted by Crippen LogP contribution is 2.15. The summed E-state index contributed by atoms with van der Waals surface area (Å²) in [5.41, 5.74) is 3.50. The molecular formula is C13H13N4O2+. The van der Waals surface area contributed by atoms with Gasteiger partial charge in [-0.25, -0.2) is 14.3 Å². The van der Waals surface area contributed by atoms with Gasteiger partial charge in [-0.1, -0.05) is 0 Å². The van der Waals surface area contributed by atoms with Crippen molar-refractivity contribution in [2.24, 2.45) is 7.05 Å². The van der Waals surface area contributed by atoms with E-state index in [0.29, 0.717) is 5.65 Å². The van der Waals surface area contributed by atoms with Crippen LogP contribution in [0.2, 0.25) is 0 Å². The molecule has 2 heterocycles. The van der Waals surface area contributed by atoms with Crippen molar-refractivity contribution in [1.82, 2.24) is 15.0 Å². The molecule has 6 heteroatoms. The van der Waals surface area contributed by atoms with Gasteiger partial charge in [0.1, 0.15) is 5.52 Å². The van der Waals surface area contributed by atoms with E-state index < -0.39 is 11.2 Å². The molecule has 0 aliphatic carbocycles. The van der Waals surface area contributed by atoms with Gasteiger partial charge in [0, 0.05) is 0 Å². The van der Waals surface area contributed by atoms with Gasteiger partial charge in [0.2, 0.25) is 5.52 Å². The van der Waals surface area contributed by atoms with Crippen molar-refractivity contribution in [3.63, 3.8) is 0 Å². The molecule has 2 N–H and O–H groups in total. The summed E-state index contributed by atoms with van der Waals surface area (Å²) in [5.74, 6) is 0. The monoisotopic (exact) mass is 257 g/mol. The molecule has 2 aromatic heterocycles. The quantitative estimate of drug-likeness (QED) is 0.446. The predicted octanol–water partition coefficient (Wildman–Crippen LogP) is 0.206. The first kappa shape index (κ1) is 11.6. The summed E-state index contributed by atoms with van der Waals surface area (Å²) in [6.07, 6.45) is 0. The molecule has 0 amide bonds. The van der Waals surface area contributed by atoms with Crippen molar-refractivity contribution in [1.29, 1.82) is 0 Å². The van der Waals surface area contributed by atoms with Crippen molar-refractivity contribution in [2.75, 3.05) is 0 Å². The van der Waals surface area contributed by atoms with Gasteiger partial charge in [0.15, 0.2) is 5.52 Å². The lowest BCUT2D eigenvalue weighted by Crippen LogP contribution is -2.37. The molecule has 0 aliphatic rings. The van der Waals surface area contributed by atoms with E-state index in [0.717, 1.165) is 22.2 Å². The Labute approximate surface area is 107 Å². The predicted molar refractivity (Wildman–Crippen MR) is 71.1 cm³/mol. The summed E-state index contributed by atoms with van der Waals surface area (Å²) >= 11 is 0. The Balaban J connectivity index is 2.64. The molecule has 6 nitrogen and oxygen atoms in total. The van der Waals surface area contributed by atoms with Crippen LogP contribution < -0.4 is 15.8 Å². The zero-order valence-corrected chi connectivity index (χ0v) is 10.9. The van der Waals surface area contributed by atoms with Crippen LogP contribution in [0.1, 0.15) is 11.1 Å². The average molecular weight is 257 g/mol. The van der Waals surface area contributed by atoms with Crippen molar-refractivity contribution >= 4 is 22.2 Å². The van der Waals surface area contributed by atoms with E-state index in [1.165, 1.54) is 0 Å². The summed E-state index contributed by atoms with van der Waals surface area (Å²) in [7, 11) is 1.80. The SMILES string of the molecule is Cc1cc2nc3c(=O)[nH]c(=O)[nH]c3[n+](C)c2cc1C. The second-order valence-electron chi connectivity index (χ2n) is 4.70. The maximum Gasteiger partial charge on any atom is 0.413 e. The number of nitrogens with zero attached hydrogens (tertiary/aromatic N) is 2. The minimum atomic E-state index is -0.530. The fraction of sp³-hybridized carbons (Fsp3) is 0.231. The molecule has 0 bridgehead atoms. The van der Waals surface area contributed by atoms with Gasteiger partial charge in [0.05, 0.1) is 7.05 Å². The third-order valence-electron chi connectivity index (χ3n) is 3.42. The Morgan fingerprint density at radius 1 is 1.11 bits per heavy atom. The van der Waals surface area contributed by atoms with Crippen LogP contribution in [-0.4, -0.2) is 15.0 Å². The van der Waals surface area contributed by atoms with Crippen LogP contribution in [0.25, 0.3) is 22.2 Å². The first-order valence-corrected chi connectivity index (χ1v) is 5.90. The number of benzene rings is 1. The maximum absolute atomic E-state index is 11.8. The third kappa shape index (κ3) is 1.64. The fourth-order valence-corrected chi connectivity index (χ4v) is 2.20. The molecule has 0 radical (unpaired) electrons. The number of hydrogen-bond acceptors (Lipinski definition) is 3. The molecule has 0 atom stereocenters. The van der Waals surface area contributed by atoms with Gasteiger partial charge in [-0.2, -0.15) is 4.98 Å². The van der Waals surface area contributed by atoms with Gasteiger partial charge in [-0.3, -0.25) is 9.78 Å². The van der Waals surface area contributed by atoms with E-state index in [-0.39, 0.29) is 5.52 Å². The zero-order valence-electron chi connectivity index (χ0n) is 10.9. The number of hydrogen-bond donors (Lipinski definition) is 2. The van der Waals surface area contributed by atoms with E-state index in [1.54, 1.807) is 11.6 Å². The number of aromatic amines is 2. The number of fused-ring (bicyclic) bond motifs is 2. The summed E-state index contributed by atoms with van der Waals surface area (Å²) in [6, 6.07) is 3.94. The Kier molecular flexibility index (Phi) is 2.28. The van der Waals surface area contributed by atoms with E-state index in [9.17, 15) is 9.59 Å². The molecule has 3 aromatic rings. The summed E-state index contributed by atoms with van der Waals surface area (Å²) in [6.45, 7) is 4.01. The van der Waals surface area contributed by atoms with Crippen molar-refractivity contribution in [2.45, 2.75) is 13.8 Å². The Morgan fingerprint density at radius 2 is 1.79 bits per heavy atom. The number of H-pyrrole nitrogens is 2. The molecule has 0 spiro atoms. The number of aryl methyl sites for hydroxylation is 3. The lowest BCUT2D eigenvalue weighted by Gasteiger charge is -2.05. The molecule has 1 aromatic carbocycles. The van der Waals surface area contributed by atoms with Crippen molar-refractivity contribution < 1.29 is 4.57 Å². The number of nitrogens with one attached hydrogen (secondary N) is 2. The smallest absolute Gasteiger partial charge is 0.267 e. The molecular weight excluding hydrogens is 244 g/mol. The Bertz CT molecular complexity index is 937. The topological polar surface area (TPSA) is 82.5 Å². The molecule has 19 heavy (non-hydrogen) atoms. The van der Waals surface area contributed by atoms with Gasteiger partial charge >= 0.3 is 11.3 Å². The van der Waals surface area contributed by atoms with Crippen molar-refractivity contribution in [3.8, 4) is 0 Å². The minimum absolute atomic E-state index is 0.234. The lowest BCUT2D eigenvalue weighted by atomic mass is 10.1. The second kappa shape index (κ2) is 3.74. The van der Waals surface area contributed by atoms with Crippen LogP contribution in [0, 0.1) is 13.8 Å². The number of rotatable bonds is 0. The van der Waals surface area contributed by atoms with Crippen LogP contribution in [0.4, 0.5) is 0 Å². The normalized spacial score (nSPS) is 11.3. The molecule has 3 rings (SSSR count). The second-order valence-corrected chi connectivity index (χ2v) is 4.70. The van der Waals surface area contributed by atoms with Crippen LogP contribution in [-0.2, 0) is 7.05 Å². The number of aromatic nitrogens is 4. The molecule has 0 saturated heterocycles. The third-order valence-corrected chi connectivity index (χ3v) is 3.42. The van der Waals surface area contributed by atoms with Gasteiger partial charge in [0.25, 0.3) is 5.56 Å². The van der Waals surface area contributed by atoms with E-state index in [1.807, 2.05) is 26.0 Å². The fourth-order valence-electron chi connectivity index (χ4n) is 2.20. The summed E-state index contributed by atoms with van der Waals surface area (Å²) in [4.78, 5) is 32.3. The van der Waals surface area contributed by atoms with E-state index in [4.69, 9.17) is 0 Å². The largest absolute Gasteiger partial charge is 0.413 e. The van der Waals surface area contributed by atoms with Gasteiger partial charge < -0.3 is 0 Å². The average Bonchev–Trinajstić information content (AvgIpc) is 2.34. The Hall–Kier alpha value is -2.50. The minimum Gasteiger partial charge on any atom is -0.267 e. The zero-order chi connectivity index (χ0) is 13.7. The van der Waals surface area contributed by atoms with Crippen molar-refractivity contribution in [3.05, 3.63) is 44.1 Å². The summed E-state index contributed by atoms with van der Waals surface area (Å²) < 4.78 is 1.78. The molecule has 0 fully saturated rings. The molecule has 0 unspecified atom stereocenters. The highest BCUT2D eigenvalue weighted by Gasteiger charge is 2.16. The summed E-state index contributed by atoms with van der Waals surface area (Å²) in [5, 5.41) is 0. The van der Waals surface area contributed by atoms with E-state index in [2.05, 4.69) is 15.0 Å². The highest BCUT2D eigenvalue weighted by atomic mass is 16.2. The van der Waals surface area contributed by atoms with Gasteiger partial charge in [-0.15, -0.1) is 0 Å². The lowest BCUT2D eigenvalue weighted by molar-refractivity contribution is -0.620. The first-order chi connectivity index (χ1) is 8.97. The first-order valence-electron chi connectivity index (χ1n) is 5.90. The maximum atomic E-state index is 11.8. The Morgan fingerprint density at radius 3 is 2.53 bits per heavy atom. The van der Waals surface area contributed by atoms with Crippen LogP contribution in [0.15, 0.2) is 21.7 Å². The van der Waals surface area contributed by atoms with Crippen LogP contribution >= 0.6 is 0 Å². The van der Waals surface area contributed by atoms with Gasteiger partial charge in [-0.05, 0) is 37.1 Å². The standard InChI is InChI=1S/C13H12N4O2/c1-6-4-8-9(5-7(6)2)17(3)11-10(14-8)12(18)16-13(19)15-11/h4-5H,1-3H3,(H,16,18,19)/p+1. The highest BCUT2D eigenvalue weighted by molar-refractivity contribution is 5.80. The van der Waals surface area contributed by atoms with Crippen LogP contribution in [0.5, 0.6) is 0 Å². The molecule has 96 valence electrons. The van der Waals surface area contributed by atoms with E-state index >= 15 is 0 Å².